The Balaban J connectivity index is 2.15. The molecule has 1 fully saturated rings. The second-order valence-electron chi connectivity index (χ2n) is 4.25. The summed E-state index contributed by atoms with van der Waals surface area (Å²) in [7, 11) is 0. The van der Waals surface area contributed by atoms with Crippen LogP contribution in [0.1, 0.15) is 16.8 Å². The van der Waals surface area contributed by atoms with Gasteiger partial charge in [0.15, 0.2) is 11.0 Å². The lowest BCUT2D eigenvalue weighted by Crippen LogP contribution is -2.27. The molecule has 1 aliphatic heterocycles. The molecule has 1 aliphatic rings. The summed E-state index contributed by atoms with van der Waals surface area (Å²) in [6, 6.07) is 1.43. The Morgan fingerprint density at radius 1 is 1.68 bits per heavy atom. The van der Waals surface area contributed by atoms with Crippen LogP contribution in [0.3, 0.4) is 0 Å². The first-order valence-electron chi connectivity index (χ1n) is 5.92. The fourth-order valence-corrected chi connectivity index (χ4v) is 2.18. The molecule has 1 aromatic rings. The van der Waals surface area contributed by atoms with Crippen LogP contribution in [0.25, 0.3) is 0 Å². The maximum Gasteiger partial charge on any atom is 0.252 e. The van der Waals surface area contributed by atoms with Gasteiger partial charge in [0.1, 0.15) is 0 Å². The van der Waals surface area contributed by atoms with Crippen LogP contribution in [-0.4, -0.2) is 41.9 Å². The van der Waals surface area contributed by atoms with E-state index in [1.54, 1.807) is 6.08 Å². The highest BCUT2D eigenvalue weighted by molar-refractivity contribution is 6.29. The first-order chi connectivity index (χ1) is 9.11. The Morgan fingerprint density at radius 2 is 2.47 bits per heavy atom. The van der Waals surface area contributed by atoms with Crippen molar-refractivity contribution in [2.45, 2.75) is 12.5 Å². The number of aromatic nitrogens is 2. The van der Waals surface area contributed by atoms with Crippen molar-refractivity contribution in [2.24, 2.45) is 5.73 Å². The zero-order chi connectivity index (χ0) is 13.8. The molecule has 2 rings (SSSR count). The van der Waals surface area contributed by atoms with Crippen LogP contribution in [-0.2, 0) is 4.74 Å². The first-order valence-corrected chi connectivity index (χ1v) is 6.30. The number of amides is 1. The van der Waals surface area contributed by atoms with Gasteiger partial charge in [0.05, 0.1) is 18.3 Å². The first kappa shape index (κ1) is 13.8. The number of ether oxygens (including phenoxy) is 1. The summed E-state index contributed by atoms with van der Waals surface area (Å²) in [5.41, 5.74) is 5.61. The van der Waals surface area contributed by atoms with Crippen LogP contribution in [0.5, 0.6) is 0 Å². The molecule has 19 heavy (non-hydrogen) atoms. The number of hydrogen-bond donors (Lipinski definition) is 1. The van der Waals surface area contributed by atoms with E-state index in [0.29, 0.717) is 19.0 Å². The number of rotatable bonds is 5. The summed E-state index contributed by atoms with van der Waals surface area (Å²) in [5.74, 6) is -0.108. The maximum absolute atomic E-state index is 11.4. The van der Waals surface area contributed by atoms with Crippen molar-refractivity contribution in [3.63, 3.8) is 0 Å². The predicted octanol–water partition coefficient (Wildman–Crippen LogP) is 1.01. The smallest absolute Gasteiger partial charge is 0.252 e. The highest BCUT2D eigenvalue weighted by Gasteiger charge is 2.27. The largest absolute Gasteiger partial charge is 0.372 e. The molecular formula is C12H15ClN4O2. The predicted molar refractivity (Wildman–Crippen MR) is 72.3 cm³/mol. The molecular weight excluding hydrogens is 268 g/mol. The molecule has 102 valence electrons. The van der Waals surface area contributed by atoms with Crippen molar-refractivity contribution < 1.29 is 9.53 Å². The van der Waals surface area contributed by atoms with E-state index in [-0.39, 0.29) is 16.8 Å². The van der Waals surface area contributed by atoms with Crippen LogP contribution in [0.4, 0.5) is 5.82 Å². The number of primary amides is 1. The van der Waals surface area contributed by atoms with Gasteiger partial charge >= 0.3 is 0 Å². The molecule has 1 saturated heterocycles. The average Bonchev–Trinajstić information content (AvgIpc) is 2.84. The van der Waals surface area contributed by atoms with E-state index in [1.165, 1.54) is 6.07 Å². The third-order valence-electron chi connectivity index (χ3n) is 2.90. The van der Waals surface area contributed by atoms with E-state index in [0.717, 1.165) is 13.0 Å². The van der Waals surface area contributed by atoms with Gasteiger partial charge in [-0.3, -0.25) is 4.79 Å². The van der Waals surface area contributed by atoms with Crippen molar-refractivity contribution in [3.8, 4) is 0 Å². The lowest BCUT2D eigenvalue weighted by molar-refractivity contribution is 0.0907. The van der Waals surface area contributed by atoms with E-state index in [2.05, 4.69) is 16.8 Å². The highest BCUT2D eigenvalue weighted by Crippen LogP contribution is 2.24. The zero-order valence-electron chi connectivity index (χ0n) is 10.4. The van der Waals surface area contributed by atoms with E-state index < -0.39 is 5.91 Å². The minimum Gasteiger partial charge on any atom is -0.372 e. The quantitative estimate of drug-likeness (QED) is 0.815. The van der Waals surface area contributed by atoms with Gasteiger partial charge in [-0.15, -0.1) is 16.8 Å². The molecule has 6 nitrogen and oxygen atoms in total. The molecule has 1 unspecified atom stereocenters. The molecule has 2 heterocycles. The van der Waals surface area contributed by atoms with Crippen molar-refractivity contribution >= 4 is 23.3 Å². The molecule has 1 aromatic heterocycles. The zero-order valence-corrected chi connectivity index (χ0v) is 11.1. The number of carbonyl (C=O) groups is 1. The van der Waals surface area contributed by atoms with Crippen LogP contribution in [0.15, 0.2) is 18.7 Å². The summed E-state index contributed by atoms with van der Waals surface area (Å²) < 4.78 is 5.58. The number of hydrogen-bond acceptors (Lipinski definition) is 5. The van der Waals surface area contributed by atoms with Crippen molar-refractivity contribution in [2.75, 3.05) is 24.6 Å². The highest BCUT2D eigenvalue weighted by atomic mass is 35.5. The van der Waals surface area contributed by atoms with Gasteiger partial charge in [-0.2, -0.15) is 0 Å². The molecule has 2 N–H and O–H groups in total. The molecule has 7 heteroatoms. The molecule has 1 amide bonds. The fraction of sp³-hybridized carbons (Fsp3) is 0.417. The van der Waals surface area contributed by atoms with Crippen LogP contribution in [0, 0.1) is 0 Å². The Labute approximate surface area is 116 Å². The number of carbonyl (C=O) groups excluding carboxylic acids is 1. The molecule has 1 atom stereocenters. The summed E-state index contributed by atoms with van der Waals surface area (Å²) in [4.78, 5) is 13.3. The number of anilines is 1. The lowest BCUT2D eigenvalue weighted by Gasteiger charge is -2.18. The van der Waals surface area contributed by atoms with Gasteiger partial charge in [0.2, 0.25) is 0 Å². The second kappa shape index (κ2) is 5.99. The normalized spacial score (nSPS) is 18.6. The monoisotopic (exact) mass is 282 g/mol. The van der Waals surface area contributed by atoms with E-state index in [4.69, 9.17) is 22.1 Å². The maximum atomic E-state index is 11.4. The van der Waals surface area contributed by atoms with Crippen LogP contribution >= 0.6 is 11.6 Å². The molecule has 0 radical (unpaired) electrons. The fourth-order valence-electron chi connectivity index (χ4n) is 2.04. The third kappa shape index (κ3) is 3.21. The summed E-state index contributed by atoms with van der Waals surface area (Å²) in [6.45, 7) is 5.49. The summed E-state index contributed by atoms with van der Waals surface area (Å²) >= 11 is 5.73. The average molecular weight is 283 g/mol. The van der Waals surface area contributed by atoms with Crippen molar-refractivity contribution in [1.82, 2.24) is 10.2 Å². The third-order valence-corrected chi connectivity index (χ3v) is 3.09. The Kier molecular flexibility index (Phi) is 4.34. The molecule has 0 aromatic carbocycles. The molecule has 0 bridgehead atoms. The van der Waals surface area contributed by atoms with Crippen molar-refractivity contribution in [1.29, 1.82) is 0 Å². The number of halogens is 1. The van der Waals surface area contributed by atoms with Gasteiger partial charge < -0.3 is 15.4 Å². The topological polar surface area (TPSA) is 81.3 Å². The van der Waals surface area contributed by atoms with E-state index in [9.17, 15) is 4.79 Å². The Morgan fingerprint density at radius 3 is 3.16 bits per heavy atom. The number of nitrogens with two attached hydrogens (primary N) is 1. The summed E-state index contributed by atoms with van der Waals surface area (Å²) in [6.07, 6.45) is 2.66. The minimum absolute atomic E-state index is 0.0937. The summed E-state index contributed by atoms with van der Waals surface area (Å²) in [5, 5.41) is 7.88. The second-order valence-corrected chi connectivity index (χ2v) is 4.63. The van der Waals surface area contributed by atoms with E-state index in [1.807, 2.05) is 4.90 Å². The molecule has 0 spiro atoms. The minimum atomic E-state index is -0.567. The lowest BCUT2D eigenvalue weighted by atomic mass is 10.2. The number of nitrogens with zero attached hydrogens (tertiary/aromatic N) is 3. The Bertz CT molecular complexity index is 495. The molecule has 0 aliphatic carbocycles. The van der Waals surface area contributed by atoms with Gasteiger partial charge in [0, 0.05) is 13.1 Å². The van der Waals surface area contributed by atoms with Gasteiger partial charge in [-0.25, -0.2) is 0 Å². The van der Waals surface area contributed by atoms with Gasteiger partial charge in [-0.05, 0) is 12.5 Å². The Hall–Kier alpha value is -1.66. The van der Waals surface area contributed by atoms with Gasteiger partial charge in [-0.1, -0.05) is 17.7 Å². The van der Waals surface area contributed by atoms with Crippen molar-refractivity contribution in [3.05, 3.63) is 29.4 Å². The van der Waals surface area contributed by atoms with Crippen LogP contribution < -0.4 is 10.6 Å². The van der Waals surface area contributed by atoms with E-state index >= 15 is 0 Å². The van der Waals surface area contributed by atoms with Crippen LogP contribution in [0.2, 0.25) is 5.15 Å². The molecule has 0 saturated carbocycles. The standard InChI is InChI=1S/C12H15ClN4O2/c1-2-5-19-8-3-4-17(7-8)12-9(11(14)18)6-10(13)15-16-12/h2,6,8H,1,3-5,7H2,(H2,14,18). The SMILES string of the molecule is C=CCOC1CCN(c2nnc(Cl)cc2C(N)=O)C1. The van der Waals surface area contributed by atoms with Gasteiger partial charge in [0.25, 0.3) is 5.91 Å².